The normalized spacial score (nSPS) is 13.4. The van der Waals surface area contributed by atoms with Gasteiger partial charge in [0, 0.05) is 28.0 Å². The summed E-state index contributed by atoms with van der Waals surface area (Å²) in [4.78, 5) is 4.93. The molecule has 1 unspecified atom stereocenters. The van der Waals surface area contributed by atoms with Gasteiger partial charge in [0.15, 0.2) is 0 Å². The Morgan fingerprint density at radius 1 is 1.38 bits per heavy atom. The fourth-order valence-electron chi connectivity index (χ4n) is 2.16. The van der Waals surface area contributed by atoms with E-state index in [1.165, 1.54) is 17.4 Å². The van der Waals surface area contributed by atoms with Crippen molar-refractivity contribution in [1.82, 2.24) is 10.3 Å². The number of hydrogen-bond donors (Lipinski definition) is 1. The number of nitrogens with zero attached hydrogens (tertiary/aromatic N) is 1. The van der Waals surface area contributed by atoms with Crippen molar-refractivity contribution in [3.8, 4) is 0 Å². The van der Waals surface area contributed by atoms with Crippen molar-refractivity contribution in [3.05, 3.63) is 50.4 Å². The Kier molecular flexibility index (Phi) is 5.40. The molecular formula is C14H14BrF3N2S. The molecule has 0 spiro atoms. The number of halogens is 4. The van der Waals surface area contributed by atoms with E-state index in [0.717, 1.165) is 10.9 Å². The summed E-state index contributed by atoms with van der Waals surface area (Å²) in [6.07, 6.45) is -2.19. The highest BCUT2D eigenvalue weighted by molar-refractivity contribution is 9.10. The molecule has 1 atom stereocenters. The smallest absolute Gasteiger partial charge is 0.310 e. The largest absolute Gasteiger partial charge is 0.416 e. The van der Waals surface area contributed by atoms with E-state index in [0.29, 0.717) is 17.4 Å². The number of benzene rings is 1. The number of alkyl halides is 3. The average molecular weight is 379 g/mol. The molecule has 0 saturated carbocycles. The summed E-state index contributed by atoms with van der Waals surface area (Å²) in [6.45, 7) is 2.47. The van der Waals surface area contributed by atoms with Gasteiger partial charge in [0.1, 0.15) is 0 Å². The molecule has 0 amide bonds. The minimum absolute atomic E-state index is 0.265. The molecule has 0 fully saturated rings. The van der Waals surface area contributed by atoms with Crippen LogP contribution >= 0.6 is 27.3 Å². The Morgan fingerprint density at radius 3 is 2.71 bits per heavy atom. The number of rotatable bonds is 5. The van der Waals surface area contributed by atoms with Gasteiger partial charge in [-0.1, -0.05) is 28.9 Å². The van der Waals surface area contributed by atoms with E-state index in [1.54, 1.807) is 17.8 Å². The highest BCUT2D eigenvalue weighted by atomic mass is 79.9. The molecule has 1 aromatic carbocycles. The van der Waals surface area contributed by atoms with Crippen molar-refractivity contribution < 1.29 is 13.2 Å². The molecule has 0 aliphatic carbocycles. The number of likely N-dealkylation sites (N-methyl/N-ethyl adjacent to an activating group) is 1. The van der Waals surface area contributed by atoms with Crippen LogP contribution in [0.15, 0.2) is 34.4 Å². The lowest BCUT2D eigenvalue weighted by Crippen LogP contribution is -2.25. The zero-order valence-corrected chi connectivity index (χ0v) is 13.6. The molecule has 7 heteroatoms. The van der Waals surface area contributed by atoms with E-state index in [4.69, 9.17) is 0 Å². The lowest BCUT2D eigenvalue weighted by Gasteiger charge is -2.22. The lowest BCUT2D eigenvalue weighted by molar-refractivity contribution is -0.138. The third-order valence-electron chi connectivity index (χ3n) is 3.04. The van der Waals surface area contributed by atoms with Crippen LogP contribution in [0.1, 0.15) is 29.0 Å². The molecule has 0 bridgehead atoms. The Balaban J connectivity index is 2.40. The van der Waals surface area contributed by atoms with Crippen LogP contribution in [0.5, 0.6) is 0 Å². The molecule has 21 heavy (non-hydrogen) atoms. The third kappa shape index (κ3) is 4.28. The molecule has 0 radical (unpaired) electrons. The summed E-state index contributed by atoms with van der Waals surface area (Å²) in [5.41, 5.74) is 1.35. The second kappa shape index (κ2) is 6.89. The first-order valence-corrected chi connectivity index (χ1v) is 8.06. The summed E-state index contributed by atoms with van der Waals surface area (Å²) in [5, 5.41) is 3.13. The summed E-state index contributed by atoms with van der Waals surface area (Å²) in [5.74, 6) is 0. The highest BCUT2D eigenvalue weighted by Gasteiger charge is 2.35. The molecule has 1 aromatic heterocycles. The van der Waals surface area contributed by atoms with Crippen LogP contribution in [-0.4, -0.2) is 11.5 Å². The standard InChI is InChI=1S/C14H14BrF3N2S/c1-2-20-13(6-10-7-19-8-21-10)11-4-3-9(15)5-12(11)14(16,17)18/h3-5,7-8,13,20H,2,6H2,1H3. The Hall–Kier alpha value is -0.920. The van der Waals surface area contributed by atoms with Gasteiger partial charge in [0.05, 0.1) is 11.1 Å². The minimum atomic E-state index is -4.37. The summed E-state index contributed by atoms with van der Waals surface area (Å²) in [6, 6.07) is 3.91. The lowest BCUT2D eigenvalue weighted by atomic mass is 9.97. The fraction of sp³-hybridized carbons (Fsp3) is 0.357. The molecule has 2 rings (SSSR count). The number of hydrogen-bond acceptors (Lipinski definition) is 3. The van der Waals surface area contributed by atoms with E-state index in [9.17, 15) is 13.2 Å². The second-order valence-corrected chi connectivity index (χ2v) is 6.40. The predicted octanol–water partition coefficient (Wildman–Crippen LogP) is 4.82. The fourth-order valence-corrected chi connectivity index (χ4v) is 3.16. The Bertz CT molecular complexity index is 584. The van der Waals surface area contributed by atoms with E-state index >= 15 is 0 Å². The monoisotopic (exact) mass is 378 g/mol. The van der Waals surface area contributed by atoms with Crippen LogP contribution in [0.25, 0.3) is 0 Å². The van der Waals surface area contributed by atoms with Gasteiger partial charge in [-0.2, -0.15) is 13.2 Å². The van der Waals surface area contributed by atoms with Gasteiger partial charge in [-0.3, -0.25) is 4.98 Å². The van der Waals surface area contributed by atoms with Crippen molar-refractivity contribution in [2.75, 3.05) is 6.54 Å². The van der Waals surface area contributed by atoms with Crippen LogP contribution in [0.3, 0.4) is 0 Å². The van der Waals surface area contributed by atoms with Crippen LogP contribution in [0, 0.1) is 0 Å². The maximum Gasteiger partial charge on any atom is 0.416 e. The van der Waals surface area contributed by atoms with Crippen molar-refractivity contribution >= 4 is 27.3 Å². The van der Waals surface area contributed by atoms with Crippen LogP contribution < -0.4 is 5.32 Å². The van der Waals surface area contributed by atoms with E-state index in [1.807, 2.05) is 6.92 Å². The first-order valence-electron chi connectivity index (χ1n) is 6.39. The van der Waals surface area contributed by atoms with Crippen molar-refractivity contribution in [1.29, 1.82) is 0 Å². The highest BCUT2D eigenvalue weighted by Crippen LogP contribution is 2.37. The third-order valence-corrected chi connectivity index (χ3v) is 4.33. The molecule has 2 nitrogen and oxygen atoms in total. The van der Waals surface area contributed by atoms with Gasteiger partial charge >= 0.3 is 6.18 Å². The van der Waals surface area contributed by atoms with E-state index in [-0.39, 0.29) is 11.6 Å². The molecule has 0 aliphatic heterocycles. The molecule has 0 saturated heterocycles. The van der Waals surface area contributed by atoms with Gasteiger partial charge in [0.25, 0.3) is 0 Å². The van der Waals surface area contributed by atoms with E-state index in [2.05, 4.69) is 26.2 Å². The molecular weight excluding hydrogens is 365 g/mol. The van der Waals surface area contributed by atoms with Gasteiger partial charge < -0.3 is 5.32 Å². The minimum Gasteiger partial charge on any atom is -0.310 e. The number of aromatic nitrogens is 1. The molecule has 0 aliphatic rings. The van der Waals surface area contributed by atoms with Crippen LogP contribution in [0.4, 0.5) is 13.2 Å². The Labute approximate surface area is 133 Å². The van der Waals surface area contributed by atoms with Crippen molar-refractivity contribution in [2.24, 2.45) is 0 Å². The SMILES string of the molecule is CCNC(Cc1cncs1)c1ccc(Br)cc1C(F)(F)F. The van der Waals surface area contributed by atoms with E-state index < -0.39 is 11.7 Å². The molecule has 1 heterocycles. The molecule has 1 N–H and O–H groups in total. The zero-order chi connectivity index (χ0) is 15.5. The number of thiazole rings is 1. The van der Waals surface area contributed by atoms with Gasteiger partial charge in [-0.25, -0.2) is 0 Å². The molecule has 2 aromatic rings. The first kappa shape index (κ1) is 16.5. The maximum absolute atomic E-state index is 13.2. The van der Waals surface area contributed by atoms with Crippen LogP contribution in [0.2, 0.25) is 0 Å². The van der Waals surface area contributed by atoms with Gasteiger partial charge in [0.2, 0.25) is 0 Å². The predicted molar refractivity (Wildman–Crippen MR) is 81.4 cm³/mol. The average Bonchev–Trinajstić information content (AvgIpc) is 2.90. The summed E-state index contributed by atoms with van der Waals surface area (Å²) < 4.78 is 40.2. The van der Waals surface area contributed by atoms with Gasteiger partial charge in [-0.15, -0.1) is 11.3 Å². The van der Waals surface area contributed by atoms with Crippen molar-refractivity contribution in [2.45, 2.75) is 25.6 Å². The Morgan fingerprint density at radius 2 is 2.14 bits per heavy atom. The van der Waals surface area contributed by atoms with Crippen LogP contribution in [-0.2, 0) is 12.6 Å². The summed E-state index contributed by atoms with van der Waals surface area (Å²) in [7, 11) is 0. The zero-order valence-electron chi connectivity index (χ0n) is 11.2. The topological polar surface area (TPSA) is 24.9 Å². The van der Waals surface area contributed by atoms with Crippen molar-refractivity contribution in [3.63, 3.8) is 0 Å². The molecule has 114 valence electrons. The quantitative estimate of drug-likeness (QED) is 0.806. The maximum atomic E-state index is 13.2. The second-order valence-electron chi connectivity index (χ2n) is 4.51. The summed E-state index contributed by atoms with van der Waals surface area (Å²) >= 11 is 4.56. The van der Waals surface area contributed by atoms with Gasteiger partial charge in [-0.05, 0) is 24.2 Å². The number of nitrogens with one attached hydrogen (secondary N) is 1. The first-order chi connectivity index (χ1) is 9.91.